The zero-order chi connectivity index (χ0) is 12.6. The van der Waals surface area contributed by atoms with Crippen LogP contribution in [0.25, 0.3) is 11.2 Å². The SMILES string of the molecule is Cn1c(=O)[nH]c(=O)c2c1ncn2CC(O)CO. The number of aryl methyl sites for hydroxylation is 1. The second-order valence-electron chi connectivity index (χ2n) is 3.72. The molecule has 1 unspecified atom stereocenters. The number of H-pyrrole nitrogens is 1. The Morgan fingerprint density at radius 3 is 2.88 bits per heavy atom. The maximum Gasteiger partial charge on any atom is 0.329 e. The third kappa shape index (κ3) is 1.87. The van der Waals surface area contributed by atoms with E-state index in [1.165, 1.54) is 22.5 Å². The molecule has 3 N–H and O–H groups in total. The van der Waals surface area contributed by atoms with Crippen molar-refractivity contribution >= 4 is 11.2 Å². The van der Waals surface area contributed by atoms with Gasteiger partial charge in [-0.05, 0) is 0 Å². The summed E-state index contributed by atoms with van der Waals surface area (Å²) < 4.78 is 2.60. The molecular weight excluding hydrogens is 228 g/mol. The van der Waals surface area contributed by atoms with Crippen LogP contribution in [-0.4, -0.2) is 42.0 Å². The van der Waals surface area contributed by atoms with E-state index in [0.29, 0.717) is 0 Å². The van der Waals surface area contributed by atoms with Crippen LogP contribution >= 0.6 is 0 Å². The zero-order valence-electron chi connectivity index (χ0n) is 9.12. The van der Waals surface area contributed by atoms with Crippen molar-refractivity contribution in [3.8, 4) is 0 Å². The van der Waals surface area contributed by atoms with Gasteiger partial charge in [0, 0.05) is 7.05 Å². The van der Waals surface area contributed by atoms with Crippen LogP contribution in [0.2, 0.25) is 0 Å². The monoisotopic (exact) mass is 240 g/mol. The first kappa shape index (κ1) is 11.6. The van der Waals surface area contributed by atoms with Crippen molar-refractivity contribution in [2.75, 3.05) is 6.61 Å². The van der Waals surface area contributed by atoms with Gasteiger partial charge < -0.3 is 14.8 Å². The number of aromatic nitrogens is 4. The van der Waals surface area contributed by atoms with E-state index in [1.54, 1.807) is 0 Å². The van der Waals surface area contributed by atoms with Gasteiger partial charge in [-0.3, -0.25) is 14.3 Å². The van der Waals surface area contributed by atoms with Crippen LogP contribution in [0.5, 0.6) is 0 Å². The summed E-state index contributed by atoms with van der Waals surface area (Å²) in [4.78, 5) is 29.0. The molecule has 92 valence electrons. The minimum Gasteiger partial charge on any atom is -0.394 e. The number of hydrogen-bond acceptors (Lipinski definition) is 5. The van der Waals surface area contributed by atoms with Gasteiger partial charge in [-0.1, -0.05) is 0 Å². The molecule has 0 aliphatic carbocycles. The first-order valence-corrected chi connectivity index (χ1v) is 4.97. The smallest absolute Gasteiger partial charge is 0.329 e. The van der Waals surface area contributed by atoms with E-state index >= 15 is 0 Å². The molecular formula is C9H12N4O4. The molecule has 0 amide bonds. The normalized spacial score (nSPS) is 13.1. The summed E-state index contributed by atoms with van der Waals surface area (Å²) >= 11 is 0. The highest BCUT2D eigenvalue weighted by Gasteiger charge is 2.13. The molecule has 0 aromatic carbocycles. The predicted molar refractivity (Wildman–Crippen MR) is 58.7 cm³/mol. The molecule has 0 aliphatic heterocycles. The molecule has 0 saturated carbocycles. The number of aliphatic hydroxyl groups excluding tert-OH is 2. The maximum atomic E-state index is 11.6. The number of rotatable bonds is 3. The van der Waals surface area contributed by atoms with E-state index in [0.717, 1.165) is 0 Å². The Kier molecular flexibility index (Phi) is 2.82. The fraction of sp³-hybridized carbons (Fsp3) is 0.444. The molecule has 2 aromatic rings. The second-order valence-corrected chi connectivity index (χ2v) is 3.72. The predicted octanol–water partition coefficient (Wildman–Crippen LogP) is -2.22. The van der Waals surface area contributed by atoms with E-state index < -0.39 is 24.0 Å². The molecule has 0 bridgehead atoms. The lowest BCUT2D eigenvalue weighted by atomic mass is 10.3. The summed E-state index contributed by atoms with van der Waals surface area (Å²) in [5.74, 6) is 0. The molecule has 0 radical (unpaired) electrons. The Morgan fingerprint density at radius 1 is 1.53 bits per heavy atom. The van der Waals surface area contributed by atoms with Gasteiger partial charge in [0.15, 0.2) is 11.2 Å². The highest BCUT2D eigenvalue weighted by molar-refractivity contribution is 5.69. The largest absolute Gasteiger partial charge is 0.394 e. The lowest BCUT2D eigenvalue weighted by molar-refractivity contribution is 0.0820. The van der Waals surface area contributed by atoms with E-state index in [1.807, 2.05) is 0 Å². The summed E-state index contributed by atoms with van der Waals surface area (Å²) in [5.41, 5.74) is -0.676. The molecule has 0 saturated heterocycles. The van der Waals surface area contributed by atoms with Crippen LogP contribution in [0.4, 0.5) is 0 Å². The van der Waals surface area contributed by atoms with Gasteiger partial charge in [-0.25, -0.2) is 9.78 Å². The quantitative estimate of drug-likeness (QED) is 0.562. The lowest BCUT2D eigenvalue weighted by Gasteiger charge is -2.08. The molecule has 0 spiro atoms. The van der Waals surface area contributed by atoms with Crippen LogP contribution in [0.15, 0.2) is 15.9 Å². The number of aromatic amines is 1. The average molecular weight is 240 g/mol. The second kappa shape index (κ2) is 4.15. The first-order chi connectivity index (χ1) is 8.04. The summed E-state index contributed by atoms with van der Waals surface area (Å²) in [5, 5.41) is 18.1. The average Bonchev–Trinajstić information content (AvgIpc) is 2.70. The van der Waals surface area contributed by atoms with Crippen LogP contribution in [0.1, 0.15) is 0 Å². The standard InChI is InChI=1S/C9H12N4O4/c1-12-7-6(8(16)11-9(12)17)13(4-10-7)2-5(15)3-14/h4-5,14-15H,2-3H2,1H3,(H,11,16,17). The van der Waals surface area contributed by atoms with Gasteiger partial charge in [0.25, 0.3) is 5.56 Å². The van der Waals surface area contributed by atoms with Crippen LogP contribution in [-0.2, 0) is 13.6 Å². The summed E-state index contributed by atoms with van der Waals surface area (Å²) in [7, 11) is 1.49. The maximum absolute atomic E-state index is 11.6. The van der Waals surface area contributed by atoms with E-state index in [2.05, 4.69) is 9.97 Å². The van der Waals surface area contributed by atoms with Gasteiger partial charge in [0.1, 0.15) is 0 Å². The van der Waals surface area contributed by atoms with Crippen molar-refractivity contribution in [1.82, 2.24) is 19.1 Å². The molecule has 8 heteroatoms. The molecule has 2 aromatic heterocycles. The number of nitrogens with zero attached hydrogens (tertiary/aromatic N) is 3. The Morgan fingerprint density at radius 2 is 2.24 bits per heavy atom. The number of fused-ring (bicyclic) bond motifs is 1. The molecule has 2 rings (SSSR count). The van der Waals surface area contributed by atoms with E-state index in [4.69, 9.17) is 5.11 Å². The van der Waals surface area contributed by atoms with Gasteiger partial charge in [-0.2, -0.15) is 0 Å². The summed E-state index contributed by atoms with van der Waals surface area (Å²) in [6, 6.07) is 0. The summed E-state index contributed by atoms with van der Waals surface area (Å²) in [6.45, 7) is -0.377. The van der Waals surface area contributed by atoms with Crippen LogP contribution < -0.4 is 11.2 Å². The Labute approximate surface area is 94.8 Å². The fourth-order valence-corrected chi connectivity index (χ4v) is 1.61. The Bertz CT molecular complexity index is 653. The minimum absolute atomic E-state index is 0.0360. The number of aliphatic hydroxyl groups is 2. The van der Waals surface area contributed by atoms with Crippen molar-refractivity contribution in [1.29, 1.82) is 0 Å². The molecule has 0 fully saturated rings. The van der Waals surface area contributed by atoms with Crippen molar-refractivity contribution in [3.63, 3.8) is 0 Å². The van der Waals surface area contributed by atoms with Crippen LogP contribution in [0, 0.1) is 0 Å². The number of imidazole rings is 1. The van der Waals surface area contributed by atoms with Gasteiger partial charge in [0.2, 0.25) is 0 Å². The molecule has 2 heterocycles. The highest BCUT2D eigenvalue weighted by Crippen LogP contribution is 2.05. The van der Waals surface area contributed by atoms with Gasteiger partial charge in [-0.15, -0.1) is 0 Å². The van der Waals surface area contributed by atoms with Crippen molar-refractivity contribution in [3.05, 3.63) is 27.2 Å². The topological polar surface area (TPSA) is 113 Å². The zero-order valence-corrected chi connectivity index (χ0v) is 9.12. The third-order valence-electron chi connectivity index (χ3n) is 2.49. The first-order valence-electron chi connectivity index (χ1n) is 4.97. The Hall–Kier alpha value is -1.93. The number of hydrogen-bond donors (Lipinski definition) is 3. The van der Waals surface area contributed by atoms with Crippen LogP contribution in [0.3, 0.4) is 0 Å². The lowest BCUT2D eigenvalue weighted by Crippen LogP contribution is -2.30. The number of nitrogens with one attached hydrogen (secondary N) is 1. The summed E-state index contributed by atoms with van der Waals surface area (Å²) in [6.07, 6.45) is 0.363. The minimum atomic E-state index is -0.982. The van der Waals surface area contributed by atoms with E-state index in [9.17, 15) is 14.7 Å². The molecule has 1 atom stereocenters. The third-order valence-corrected chi connectivity index (χ3v) is 2.49. The van der Waals surface area contributed by atoms with Gasteiger partial charge >= 0.3 is 5.69 Å². The molecule has 0 aliphatic rings. The van der Waals surface area contributed by atoms with Gasteiger partial charge in [0.05, 0.1) is 25.6 Å². The van der Waals surface area contributed by atoms with E-state index in [-0.39, 0.29) is 17.7 Å². The Balaban J connectivity index is 2.65. The van der Waals surface area contributed by atoms with Crippen molar-refractivity contribution in [2.24, 2.45) is 7.05 Å². The molecule has 8 nitrogen and oxygen atoms in total. The highest BCUT2D eigenvalue weighted by atomic mass is 16.3. The molecule has 17 heavy (non-hydrogen) atoms. The fourth-order valence-electron chi connectivity index (χ4n) is 1.61. The van der Waals surface area contributed by atoms with Crippen molar-refractivity contribution < 1.29 is 10.2 Å². The van der Waals surface area contributed by atoms with Crippen molar-refractivity contribution in [2.45, 2.75) is 12.6 Å².